The molecule has 0 aliphatic rings. The summed E-state index contributed by atoms with van der Waals surface area (Å²) in [5, 5.41) is 3.41. The van der Waals surface area contributed by atoms with Crippen LogP contribution in [-0.2, 0) is 0 Å². The molecule has 0 amide bonds. The van der Waals surface area contributed by atoms with E-state index in [9.17, 15) is 0 Å². The molecule has 0 aliphatic heterocycles. The zero-order valence-electron chi connectivity index (χ0n) is 11.3. The van der Waals surface area contributed by atoms with E-state index < -0.39 is 0 Å². The third kappa shape index (κ3) is 2.67. The van der Waals surface area contributed by atoms with E-state index >= 15 is 0 Å². The molecule has 0 saturated heterocycles. The van der Waals surface area contributed by atoms with Crippen LogP contribution in [0.5, 0.6) is 5.75 Å². The van der Waals surface area contributed by atoms with Gasteiger partial charge in [0.2, 0.25) is 0 Å². The van der Waals surface area contributed by atoms with Crippen molar-refractivity contribution >= 4 is 5.69 Å². The van der Waals surface area contributed by atoms with Crippen molar-refractivity contribution in [2.45, 2.75) is 26.8 Å². The van der Waals surface area contributed by atoms with Gasteiger partial charge < -0.3 is 14.5 Å². The lowest BCUT2D eigenvalue weighted by molar-refractivity contribution is 0.411. The largest absolute Gasteiger partial charge is 0.496 e. The molecule has 0 radical (unpaired) electrons. The summed E-state index contributed by atoms with van der Waals surface area (Å²) in [5.41, 5.74) is 2.18. The number of rotatable bonds is 4. The van der Waals surface area contributed by atoms with Gasteiger partial charge in [-0.15, -0.1) is 0 Å². The van der Waals surface area contributed by atoms with Gasteiger partial charge in [0, 0.05) is 5.69 Å². The lowest BCUT2D eigenvalue weighted by atomic mass is 10.1. The fourth-order valence-electron chi connectivity index (χ4n) is 1.98. The quantitative estimate of drug-likeness (QED) is 0.881. The van der Waals surface area contributed by atoms with Crippen LogP contribution in [0.15, 0.2) is 34.7 Å². The molecule has 0 bridgehead atoms. The second-order valence-corrected chi connectivity index (χ2v) is 4.50. The van der Waals surface area contributed by atoms with Crippen LogP contribution in [-0.4, -0.2) is 7.11 Å². The molecule has 96 valence electrons. The van der Waals surface area contributed by atoms with Crippen molar-refractivity contribution in [3.63, 3.8) is 0 Å². The summed E-state index contributed by atoms with van der Waals surface area (Å²) in [6.45, 7) is 6.07. The third-order valence-electron chi connectivity index (χ3n) is 2.97. The number of aryl methyl sites for hydroxylation is 2. The fraction of sp³-hybridized carbons (Fsp3) is 0.333. The van der Waals surface area contributed by atoms with Crippen LogP contribution < -0.4 is 10.1 Å². The van der Waals surface area contributed by atoms with E-state index in [1.54, 1.807) is 7.11 Å². The molecular weight excluding hydrogens is 226 g/mol. The number of methoxy groups -OCH3 is 1. The number of furan rings is 1. The molecule has 1 N–H and O–H groups in total. The van der Waals surface area contributed by atoms with Gasteiger partial charge in [-0.1, -0.05) is 0 Å². The molecule has 1 unspecified atom stereocenters. The highest BCUT2D eigenvalue weighted by atomic mass is 16.5. The summed E-state index contributed by atoms with van der Waals surface area (Å²) in [6, 6.07) is 10.2. The maximum absolute atomic E-state index is 5.61. The van der Waals surface area contributed by atoms with Crippen molar-refractivity contribution in [2.24, 2.45) is 0 Å². The summed E-state index contributed by atoms with van der Waals surface area (Å²) in [4.78, 5) is 0. The first-order valence-corrected chi connectivity index (χ1v) is 6.07. The Bertz CT molecular complexity index is 531. The first kappa shape index (κ1) is 12.6. The van der Waals surface area contributed by atoms with Crippen LogP contribution in [0.2, 0.25) is 0 Å². The number of hydrogen-bond acceptors (Lipinski definition) is 3. The van der Waals surface area contributed by atoms with Crippen LogP contribution >= 0.6 is 0 Å². The van der Waals surface area contributed by atoms with E-state index in [1.165, 1.54) is 0 Å². The van der Waals surface area contributed by atoms with Gasteiger partial charge in [-0.2, -0.15) is 0 Å². The maximum Gasteiger partial charge on any atom is 0.126 e. The summed E-state index contributed by atoms with van der Waals surface area (Å²) >= 11 is 0. The minimum absolute atomic E-state index is 0.145. The molecule has 18 heavy (non-hydrogen) atoms. The summed E-state index contributed by atoms with van der Waals surface area (Å²) in [5.74, 6) is 2.78. The van der Waals surface area contributed by atoms with Crippen LogP contribution in [0.25, 0.3) is 0 Å². The van der Waals surface area contributed by atoms with Crippen LogP contribution in [0, 0.1) is 13.8 Å². The molecule has 2 aromatic rings. The van der Waals surface area contributed by atoms with Gasteiger partial charge in [0.25, 0.3) is 0 Å². The van der Waals surface area contributed by atoms with Crippen molar-refractivity contribution in [1.82, 2.24) is 0 Å². The molecule has 1 heterocycles. The Hall–Kier alpha value is -1.90. The van der Waals surface area contributed by atoms with Gasteiger partial charge >= 0.3 is 0 Å². The van der Waals surface area contributed by atoms with E-state index in [-0.39, 0.29) is 6.04 Å². The molecule has 3 nitrogen and oxygen atoms in total. The van der Waals surface area contributed by atoms with Gasteiger partial charge in [0.05, 0.1) is 13.2 Å². The highest BCUT2D eigenvalue weighted by molar-refractivity contribution is 5.51. The maximum atomic E-state index is 5.61. The Morgan fingerprint density at radius 3 is 2.50 bits per heavy atom. The molecule has 0 fully saturated rings. The molecule has 2 rings (SSSR count). The lowest BCUT2D eigenvalue weighted by Gasteiger charge is -2.14. The van der Waals surface area contributed by atoms with Crippen molar-refractivity contribution < 1.29 is 9.15 Å². The minimum atomic E-state index is 0.145. The zero-order chi connectivity index (χ0) is 13.1. The standard InChI is InChI=1S/C15H19NO2/c1-10-9-13(6-8-14(10)17-4)16-12(3)15-7-5-11(2)18-15/h5-9,12,16H,1-4H3. The number of nitrogens with one attached hydrogen (secondary N) is 1. The van der Waals surface area contributed by atoms with E-state index in [2.05, 4.69) is 18.3 Å². The number of benzene rings is 1. The minimum Gasteiger partial charge on any atom is -0.496 e. The molecule has 1 aromatic heterocycles. The molecular formula is C15H19NO2. The van der Waals surface area contributed by atoms with Crippen LogP contribution in [0.1, 0.15) is 30.0 Å². The Labute approximate surface area is 108 Å². The number of anilines is 1. The normalized spacial score (nSPS) is 12.2. The monoisotopic (exact) mass is 245 g/mol. The van der Waals surface area contributed by atoms with Gasteiger partial charge in [-0.25, -0.2) is 0 Å². The molecule has 3 heteroatoms. The van der Waals surface area contributed by atoms with Gasteiger partial charge in [0.15, 0.2) is 0 Å². The molecule has 0 spiro atoms. The van der Waals surface area contributed by atoms with Gasteiger partial charge in [0.1, 0.15) is 17.3 Å². The second kappa shape index (κ2) is 5.17. The number of ether oxygens (including phenoxy) is 1. The molecule has 0 aliphatic carbocycles. The predicted molar refractivity (Wildman–Crippen MR) is 73.2 cm³/mol. The average Bonchev–Trinajstić information content (AvgIpc) is 2.76. The zero-order valence-corrected chi connectivity index (χ0v) is 11.3. The molecule has 0 saturated carbocycles. The Kier molecular flexibility index (Phi) is 3.60. The van der Waals surface area contributed by atoms with Crippen LogP contribution in [0.4, 0.5) is 5.69 Å². The molecule has 1 atom stereocenters. The smallest absolute Gasteiger partial charge is 0.126 e. The third-order valence-corrected chi connectivity index (χ3v) is 2.97. The first-order valence-electron chi connectivity index (χ1n) is 6.07. The lowest BCUT2D eigenvalue weighted by Crippen LogP contribution is -2.05. The van der Waals surface area contributed by atoms with Crippen molar-refractivity contribution in [1.29, 1.82) is 0 Å². The van der Waals surface area contributed by atoms with Crippen molar-refractivity contribution in [2.75, 3.05) is 12.4 Å². The van der Waals surface area contributed by atoms with Crippen LogP contribution in [0.3, 0.4) is 0 Å². The number of hydrogen-bond donors (Lipinski definition) is 1. The SMILES string of the molecule is COc1ccc(NC(C)c2ccc(C)o2)cc1C. The Morgan fingerprint density at radius 1 is 1.17 bits per heavy atom. The van der Waals surface area contributed by atoms with E-state index in [0.717, 1.165) is 28.5 Å². The Morgan fingerprint density at radius 2 is 1.94 bits per heavy atom. The summed E-state index contributed by atoms with van der Waals surface area (Å²) in [7, 11) is 1.68. The fourth-order valence-corrected chi connectivity index (χ4v) is 1.98. The molecule has 1 aromatic carbocycles. The highest BCUT2D eigenvalue weighted by Crippen LogP contribution is 2.25. The Balaban J connectivity index is 2.12. The highest BCUT2D eigenvalue weighted by Gasteiger charge is 2.09. The topological polar surface area (TPSA) is 34.4 Å². The first-order chi connectivity index (χ1) is 8.60. The summed E-state index contributed by atoms with van der Waals surface area (Å²) in [6.07, 6.45) is 0. The summed E-state index contributed by atoms with van der Waals surface area (Å²) < 4.78 is 10.9. The van der Waals surface area contributed by atoms with E-state index in [4.69, 9.17) is 9.15 Å². The van der Waals surface area contributed by atoms with Crippen molar-refractivity contribution in [3.8, 4) is 5.75 Å². The van der Waals surface area contributed by atoms with E-state index in [0.29, 0.717) is 0 Å². The van der Waals surface area contributed by atoms with Crippen molar-refractivity contribution in [3.05, 3.63) is 47.4 Å². The predicted octanol–water partition coefficient (Wildman–Crippen LogP) is 4.08. The van der Waals surface area contributed by atoms with E-state index in [1.807, 2.05) is 38.1 Å². The van der Waals surface area contributed by atoms with Gasteiger partial charge in [-0.3, -0.25) is 0 Å². The van der Waals surface area contributed by atoms with Gasteiger partial charge in [-0.05, 0) is 56.7 Å². The average molecular weight is 245 g/mol. The second-order valence-electron chi connectivity index (χ2n) is 4.50.